The van der Waals surface area contributed by atoms with E-state index in [1.165, 1.54) is 6.92 Å². The van der Waals surface area contributed by atoms with Gasteiger partial charge in [0.1, 0.15) is 12.1 Å². The fourth-order valence-electron chi connectivity index (χ4n) is 2.57. The van der Waals surface area contributed by atoms with E-state index in [0.717, 1.165) is 0 Å². The first-order valence-electron chi connectivity index (χ1n) is 5.28. The molecule has 0 aliphatic heterocycles. The van der Waals surface area contributed by atoms with Crippen LogP contribution in [0.2, 0.25) is 0 Å². The third-order valence-corrected chi connectivity index (χ3v) is 3.07. The zero-order chi connectivity index (χ0) is 13.6. The Morgan fingerprint density at radius 1 is 1.35 bits per heavy atom. The molecule has 1 aliphatic rings. The predicted octanol–water partition coefficient (Wildman–Crippen LogP) is -0.943. The van der Waals surface area contributed by atoms with Gasteiger partial charge in [-0.15, -0.1) is 0 Å². The van der Waals surface area contributed by atoms with Crippen molar-refractivity contribution in [1.82, 2.24) is 0 Å². The molecule has 6 heteroatoms. The van der Waals surface area contributed by atoms with E-state index in [9.17, 15) is 19.5 Å². The van der Waals surface area contributed by atoms with Gasteiger partial charge in [0.15, 0.2) is 11.6 Å². The molecule has 0 bridgehead atoms. The topological polar surface area (TPSA) is 91.7 Å². The monoisotopic (exact) mass is 244 g/mol. The summed E-state index contributed by atoms with van der Waals surface area (Å²) in [6, 6.07) is 0. The fraction of sp³-hybridized carbons (Fsp3) is 0.727. The number of hydrogen-bond acceptors (Lipinski definition) is 4. The number of carbonyl (C=O) groups is 3. The van der Waals surface area contributed by atoms with Crippen LogP contribution in [0.3, 0.4) is 0 Å². The second-order valence-corrected chi connectivity index (χ2v) is 5.80. The first-order chi connectivity index (χ1) is 7.45. The molecule has 0 heterocycles. The summed E-state index contributed by atoms with van der Waals surface area (Å²) in [5.74, 6) is -2.99. The minimum absolute atomic E-state index is 0.00319. The lowest BCUT2D eigenvalue weighted by Crippen LogP contribution is -2.71. The number of quaternary nitrogens is 1. The number of aliphatic carboxylic acids is 1. The van der Waals surface area contributed by atoms with Crippen molar-refractivity contribution in [1.29, 1.82) is 0 Å². The quantitative estimate of drug-likeness (QED) is 0.492. The molecule has 2 N–H and O–H groups in total. The molecule has 0 amide bonds. The minimum Gasteiger partial charge on any atom is -0.480 e. The van der Waals surface area contributed by atoms with Gasteiger partial charge in [0, 0.05) is 0 Å². The third-order valence-electron chi connectivity index (χ3n) is 3.07. The van der Waals surface area contributed by atoms with Gasteiger partial charge in [-0.1, -0.05) is 0 Å². The number of ketones is 2. The normalized spacial score (nSPS) is 22.9. The smallest absolute Gasteiger partial charge is 0.328 e. The zero-order valence-electron chi connectivity index (χ0n) is 10.5. The molecule has 0 radical (unpaired) electrons. The summed E-state index contributed by atoms with van der Waals surface area (Å²) >= 11 is 0. The Kier molecular flexibility index (Phi) is 2.93. The number of hydrogen-bond donors (Lipinski definition) is 2. The zero-order valence-corrected chi connectivity index (χ0v) is 10.5. The average Bonchev–Trinajstić information content (AvgIpc) is 1.96. The van der Waals surface area contributed by atoms with Crippen LogP contribution in [-0.2, 0) is 14.4 Å². The number of carboxylic acids is 1. The molecule has 1 aliphatic carbocycles. The van der Waals surface area contributed by atoms with Crippen LogP contribution < -0.4 is 0 Å². The van der Waals surface area contributed by atoms with E-state index in [1.807, 2.05) is 0 Å². The molecule has 1 unspecified atom stereocenters. The maximum atomic E-state index is 11.6. The summed E-state index contributed by atoms with van der Waals surface area (Å²) in [7, 11) is 5.24. The van der Waals surface area contributed by atoms with Gasteiger partial charge in [-0.3, -0.25) is 14.4 Å². The summed E-state index contributed by atoms with van der Waals surface area (Å²) in [6.45, 7) is 1.23. The molecular weight excluding hydrogens is 226 g/mol. The molecule has 1 rings (SSSR count). The first kappa shape index (κ1) is 13.8. The van der Waals surface area contributed by atoms with Crippen molar-refractivity contribution >= 4 is 17.5 Å². The highest BCUT2D eigenvalue weighted by Crippen LogP contribution is 2.44. The summed E-state index contributed by atoms with van der Waals surface area (Å²) < 4.78 is 0.253. The van der Waals surface area contributed by atoms with Gasteiger partial charge >= 0.3 is 5.97 Å². The van der Waals surface area contributed by atoms with Gasteiger partial charge in [0.25, 0.3) is 0 Å². The van der Waals surface area contributed by atoms with E-state index in [1.54, 1.807) is 21.1 Å². The molecule has 1 saturated carbocycles. The van der Waals surface area contributed by atoms with Gasteiger partial charge in [-0.25, -0.2) is 0 Å². The van der Waals surface area contributed by atoms with Crippen LogP contribution in [0.5, 0.6) is 0 Å². The van der Waals surface area contributed by atoms with Crippen molar-refractivity contribution in [2.75, 3.05) is 27.7 Å². The maximum Gasteiger partial charge on any atom is 0.328 e. The van der Waals surface area contributed by atoms with Gasteiger partial charge in [0.2, 0.25) is 5.41 Å². The van der Waals surface area contributed by atoms with Crippen LogP contribution >= 0.6 is 0 Å². The van der Waals surface area contributed by atoms with Crippen LogP contribution in [-0.4, -0.2) is 65.5 Å². The Bertz CT molecular complexity index is 363. The molecule has 0 spiro atoms. The highest BCUT2D eigenvalue weighted by Gasteiger charge is 2.71. The van der Waals surface area contributed by atoms with E-state index in [2.05, 4.69) is 0 Å². The number of carboxylic acid groups (broad SMARTS) is 1. The molecule has 1 fully saturated rings. The lowest BCUT2D eigenvalue weighted by atomic mass is 9.57. The van der Waals surface area contributed by atoms with Crippen molar-refractivity contribution in [2.24, 2.45) is 5.41 Å². The van der Waals surface area contributed by atoms with Gasteiger partial charge in [0.05, 0.1) is 27.6 Å². The molecular formula is C11H18NO5+. The Morgan fingerprint density at radius 3 is 2.00 bits per heavy atom. The molecule has 0 aromatic heterocycles. The van der Waals surface area contributed by atoms with Crippen LogP contribution in [0.25, 0.3) is 0 Å². The highest BCUT2D eigenvalue weighted by molar-refractivity contribution is 6.36. The van der Waals surface area contributed by atoms with E-state index >= 15 is 0 Å². The van der Waals surface area contributed by atoms with E-state index in [0.29, 0.717) is 0 Å². The van der Waals surface area contributed by atoms with Crippen molar-refractivity contribution in [3.05, 3.63) is 0 Å². The van der Waals surface area contributed by atoms with Crippen LogP contribution in [0.1, 0.15) is 13.3 Å². The second-order valence-electron chi connectivity index (χ2n) is 5.80. The fourth-order valence-corrected chi connectivity index (χ4v) is 2.57. The molecule has 1 atom stereocenters. The van der Waals surface area contributed by atoms with Gasteiger partial charge < -0.3 is 14.7 Å². The number of aliphatic hydroxyl groups is 1. The number of nitrogens with zero attached hydrogens (tertiary/aromatic N) is 1. The Labute approximate surface area is 99.4 Å². The van der Waals surface area contributed by atoms with Gasteiger partial charge in [-0.2, -0.15) is 0 Å². The molecule has 17 heavy (non-hydrogen) atoms. The van der Waals surface area contributed by atoms with Crippen molar-refractivity contribution in [2.45, 2.75) is 18.9 Å². The molecule has 96 valence electrons. The Balaban J connectivity index is 3.21. The Hall–Kier alpha value is -1.27. The molecule has 0 aromatic rings. The second kappa shape index (κ2) is 3.61. The number of carbonyl (C=O) groups excluding carboxylic acids is 2. The third kappa shape index (κ3) is 1.87. The lowest BCUT2D eigenvalue weighted by Gasteiger charge is -2.46. The van der Waals surface area contributed by atoms with Crippen LogP contribution in [0, 0.1) is 5.41 Å². The van der Waals surface area contributed by atoms with E-state index in [-0.39, 0.29) is 11.0 Å². The van der Waals surface area contributed by atoms with Crippen molar-refractivity contribution < 1.29 is 29.1 Å². The molecule has 0 aromatic carbocycles. The average molecular weight is 244 g/mol. The number of rotatable bonds is 4. The first-order valence-corrected chi connectivity index (χ1v) is 5.28. The largest absolute Gasteiger partial charge is 0.480 e. The molecule has 0 saturated heterocycles. The lowest BCUT2D eigenvalue weighted by molar-refractivity contribution is -0.877. The van der Waals surface area contributed by atoms with Gasteiger partial charge in [-0.05, 0) is 6.92 Å². The summed E-state index contributed by atoms with van der Waals surface area (Å²) in [5.41, 5.74) is -4.16. The van der Waals surface area contributed by atoms with Crippen LogP contribution in [0.15, 0.2) is 0 Å². The maximum absolute atomic E-state index is 11.6. The van der Waals surface area contributed by atoms with Crippen LogP contribution in [0.4, 0.5) is 0 Å². The van der Waals surface area contributed by atoms with Crippen molar-refractivity contribution in [3.63, 3.8) is 0 Å². The minimum atomic E-state index is -2.28. The summed E-state index contributed by atoms with van der Waals surface area (Å²) in [6.07, 6.45) is -0.403. The summed E-state index contributed by atoms with van der Waals surface area (Å²) in [4.78, 5) is 34.4. The number of Topliss-reactive ketones (excluding diaryl/α,β-unsaturated/α-hetero) is 2. The molecule has 6 nitrogen and oxygen atoms in total. The highest BCUT2D eigenvalue weighted by atomic mass is 16.4. The Morgan fingerprint density at radius 2 is 1.76 bits per heavy atom. The number of likely N-dealkylation sites (N-methyl/N-ethyl adjacent to an activating group) is 1. The SMILES string of the molecule is CC(O)(C[N+](C)(C)C)C1(C(=O)O)C(=O)CC1=O. The summed E-state index contributed by atoms with van der Waals surface area (Å²) in [5, 5.41) is 19.4. The predicted molar refractivity (Wildman–Crippen MR) is 58.2 cm³/mol. The van der Waals surface area contributed by atoms with Crippen molar-refractivity contribution in [3.8, 4) is 0 Å². The van der Waals surface area contributed by atoms with E-state index in [4.69, 9.17) is 5.11 Å². The standard InChI is InChI=1S/C11H17NO5/c1-10(17,6-12(2,3)4)11(9(15)16)7(13)5-8(11)14/h17H,5-6H2,1-4H3/p+1. The van der Waals surface area contributed by atoms with E-state index < -0.39 is 35.0 Å².